The topological polar surface area (TPSA) is 15.3 Å². The van der Waals surface area contributed by atoms with Gasteiger partial charge in [0.25, 0.3) is 0 Å². The lowest BCUT2D eigenvalue weighted by Crippen LogP contribution is -2.49. The van der Waals surface area contributed by atoms with Gasteiger partial charge >= 0.3 is 0 Å². The van der Waals surface area contributed by atoms with Crippen molar-refractivity contribution in [2.24, 2.45) is 0 Å². The summed E-state index contributed by atoms with van der Waals surface area (Å²) in [4.78, 5) is 2.54. The Balaban J connectivity index is 1.62. The molecule has 1 aliphatic rings. The summed E-state index contributed by atoms with van der Waals surface area (Å²) in [5, 5.41) is 3.42. The molecule has 1 atom stereocenters. The van der Waals surface area contributed by atoms with E-state index in [1.165, 1.54) is 24.3 Å². The Morgan fingerprint density at radius 1 is 0.962 bits per heavy atom. The van der Waals surface area contributed by atoms with E-state index < -0.39 is 0 Å². The van der Waals surface area contributed by atoms with Gasteiger partial charge in [-0.1, -0.05) is 30.7 Å². The Morgan fingerprint density at radius 2 is 1.54 bits per heavy atom. The molecule has 0 bridgehead atoms. The quantitative estimate of drug-likeness (QED) is 0.730. The number of benzene rings is 2. The first-order valence-corrected chi connectivity index (χ1v) is 9.59. The van der Waals surface area contributed by atoms with Gasteiger partial charge in [-0.3, -0.25) is 4.90 Å². The van der Waals surface area contributed by atoms with Crippen molar-refractivity contribution in [1.82, 2.24) is 10.2 Å². The minimum absolute atomic E-state index is 0.177. The average Bonchev–Trinajstić information content (AvgIpc) is 2.65. The molecule has 0 saturated carbocycles. The lowest BCUT2D eigenvalue weighted by molar-refractivity contribution is 0.170. The van der Waals surface area contributed by atoms with E-state index in [0.717, 1.165) is 56.6 Å². The van der Waals surface area contributed by atoms with E-state index in [2.05, 4.69) is 17.1 Å². The molecule has 0 amide bonds. The molecule has 26 heavy (non-hydrogen) atoms. The van der Waals surface area contributed by atoms with Crippen molar-refractivity contribution < 1.29 is 8.78 Å². The highest BCUT2D eigenvalue weighted by Gasteiger charge is 2.18. The summed E-state index contributed by atoms with van der Waals surface area (Å²) in [6.07, 6.45) is 3.22. The second kappa shape index (κ2) is 9.24. The van der Waals surface area contributed by atoms with Crippen LogP contribution >= 0.6 is 0 Å². The molecule has 1 saturated heterocycles. The Bertz CT molecular complexity index is 624. The normalized spacial score (nSPS) is 18.4. The molecule has 1 N–H and O–H groups in total. The van der Waals surface area contributed by atoms with Crippen molar-refractivity contribution in [3.05, 3.63) is 71.3 Å². The number of piperazine rings is 1. The number of unbranched alkanes of at least 4 members (excludes halogenated alkanes) is 1. The summed E-state index contributed by atoms with van der Waals surface area (Å²) in [6, 6.07) is 14.0. The number of hydrogen-bond acceptors (Lipinski definition) is 2. The van der Waals surface area contributed by atoms with Crippen LogP contribution in [0.15, 0.2) is 48.5 Å². The van der Waals surface area contributed by atoms with Crippen LogP contribution in [0.1, 0.15) is 43.2 Å². The predicted octanol–water partition coefficient (Wildman–Crippen LogP) is 4.56. The SMILES string of the molecule is CC1CNCCN1CCCCC(c1ccc(F)cc1)c1ccc(F)cc1. The molecule has 0 aliphatic carbocycles. The zero-order valence-electron chi connectivity index (χ0n) is 15.4. The van der Waals surface area contributed by atoms with Crippen LogP contribution in [0.5, 0.6) is 0 Å². The van der Waals surface area contributed by atoms with E-state index in [0.29, 0.717) is 6.04 Å². The minimum atomic E-state index is -0.223. The van der Waals surface area contributed by atoms with Crippen molar-refractivity contribution in [1.29, 1.82) is 0 Å². The number of nitrogens with zero attached hydrogens (tertiary/aromatic N) is 1. The second-order valence-corrected chi connectivity index (χ2v) is 7.24. The molecule has 0 spiro atoms. The summed E-state index contributed by atoms with van der Waals surface area (Å²) < 4.78 is 26.6. The number of rotatable bonds is 7. The average molecular weight is 358 g/mol. The maximum absolute atomic E-state index is 13.3. The summed E-state index contributed by atoms with van der Waals surface area (Å²) >= 11 is 0. The molecule has 2 nitrogen and oxygen atoms in total. The number of nitrogens with one attached hydrogen (secondary N) is 1. The smallest absolute Gasteiger partial charge is 0.123 e. The summed E-state index contributed by atoms with van der Waals surface area (Å²) in [6.45, 7) is 6.63. The monoisotopic (exact) mass is 358 g/mol. The first kappa shape index (κ1) is 19.0. The van der Waals surface area contributed by atoms with Crippen LogP contribution in [0, 0.1) is 11.6 Å². The Labute approximate surface area is 155 Å². The van der Waals surface area contributed by atoms with E-state index in [-0.39, 0.29) is 17.6 Å². The van der Waals surface area contributed by atoms with E-state index in [1.807, 2.05) is 24.3 Å². The van der Waals surface area contributed by atoms with Crippen LogP contribution in [-0.4, -0.2) is 37.1 Å². The highest BCUT2D eigenvalue weighted by Crippen LogP contribution is 2.30. The zero-order chi connectivity index (χ0) is 18.4. The molecule has 140 valence electrons. The first-order valence-electron chi connectivity index (χ1n) is 9.59. The number of halogens is 2. The Kier molecular flexibility index (Phi) is 6.75. The highest BCUT2D eigenvalue weighted by molar-refractivity contribution is 5.32. The Hall–Kier alpha value is -1.78. The van der Waals surface area contributed by atoms with Gasteiger partial charge in [0.15, 0.2) is 0 Å². The third kappa shape index (κ3) is 5.12. The van der Waals surface area contributed by atoms with E-state index >= 15 is 0 Å². The van der Waals surface area contributed by atoms with Crippen LogP contribution in [-0.2, 0) is 0 Å². The molecule has 4 heteroatoms. The van der Waals surface area contributed by atoms with E-state index in [9.17, 15) is 8.78 Å². The standard InChI is InChI=1S/C22H28F2N2/c1-17-16-25-13-15-26(17)14-3-2-4-22(18-5-9-20(23)10-6-18)19-7-11-21(24)12-8-19/h5-12,17,22,25H,2-4,13-16H2,1H3. The van der Waals surface area contributed by atoms with Gasteiger partial charge in [0, 0.05) is 31.6 Å². The van der Waals surface area contributed by atoms with Crippen LogP contribution < -0.4 is 5.32 Å². The van der Waals surface area contributed by atoms with Crippen LogP contribution in [0.2, 0.25) is 0 Å². The third-order valence-electron chi connectivity index (χ3n) is 5.37. The lowest BCUT2D eigenvalue weighted by Gasteiger charge is -2.34. The molecular weight excluding hydrogens is 330 g/mol. The molecule has 1 aliphatic heterocycles. The van der Waals surface area contributed by atoms with Crippen LogP contribution in [0.25, 0.3) is 0 Å². The minimum Gasteiger partial charge on any atom is -0.314 e. The number of hydrogen-bond donors (Lipinski definition) is 1. The van der Waals surface area contributed by atoms with Crippen LogP contribution in [0.4, 0.5) is 8.78 Å². The van der Waals surface area contributed by atoms with Gasteiger partial charge in [-0.15, -0.1) is 0 Å². The van der Waals surface area contributed by atoms with E-state index in [1.54, 1.807) is 0 Å². The van der Waals surface area contributed by atoms with Gasteiger partial charge in [0.2, 0.25) is 0 Å². The largest absolute Gasteiger partial charge is 0.314 e. The third-order valence-corrected chi connectivity index (χ3v) is 5.37. The molecule has 0 aromatic heterocycles. The summed E-state index contributed by atoms with van der Waals surface area (Å²) in [5.41, 5.74) is 2.18. The molecule has 1 heterocycles. The molecule has 1 fully saturated rings. The van der Waals surface area contributed by atoms with Crippen LogP contribution in [0.3, 0.4) is 0 Å². The fourth-order valence-corrected chi connectivity index (χ4v) is 3.79. The van der Waals surface area contributed by atoms with E-state index in [4.69, 9.17) is 0 Å². The van der Waals surface area contributed by atoms with Crippen molar-refractivity contribution in [3.8, 4) is 0 Å². The fourth-order valence-electron chi connectivity index (χ4n) is 3.79. The molecule has 2 aromatic rings. The van der Waals surface area contributed by atoms with Gasteiger partial charge in [-0.25, -0.2) is 8.78 Å². The first-order chi connectivity index (χ1) is 12.6. The van der Waals surface area contributed by atoms with Crippen molar-refractivity contribution in [2.75, 3.05) is 26.2 Å². The highest BCUT2D eigenvalue weighted by atomic mass is 19.1. The van der Waals surface area contributed by atoms with Gasteiger partial charge in [0.1, 0.15) is 11.6 Å². The molecule has 0 radical (unpaired) electrons. The van der Waals surface area contributed by atoms with Gasteiger partial charge in [-0.05, 0) is 61.7 Å². The van der Waals surface area contributed by atoms with Crippen molar-refractivity contribution in [3.63, 3.8) is 0 Å². The zero-order valence-corrected chi connectivity index (χ0v) is 15.4. The summed E-state index contributed by atoms with van der Waals surface area (Å²) in [5.74, 6) is -0.268. The van der Waals surface area contributed by atoms with Gasteiger partial charge < -0.3 is 5.32 Å². The molecule has 2 aromatic carbocycles. The predicted molar refractivity (Wildman–Crippen MR) is 102 cm³/mol. The van der Waals surface area contributed by atoms with Crippen molar-refractivity contribution in [2.45, 2.75) is 38.1 Å². The maximum Gasteiger partial charge on any atom is 0.123 e. The summed E-state index contributed by atoms with van der Waals surface area (Å²) in [7, 11) is 0. The lowest BCUT2D eigenvalue weighted by atomic mass is 9.87. The van der Waals surface area contributed by atoms with Gasteiger partial charge in [0.05, 0.1) is 0 Å². The Morgan fingerprint density at radius 3 is 2.08 bits per heavy atom. The second-order valence-electron chi connectivity index (χ2n) is 7.24. The fraction of sp³-hybridized carbons (Fsp3) is 0.455. The molecule has 1 unspecified atom stereocenters. The molecular formula is C22H28F2N2. The van der Waals surface area contributed by atoms with Gasteiger partial charge in [-0.2, -0.15) is 0 Å². The maximum atomic E-state index is 13.3. The van der Waals surface area contributed by atoms with Crippen molar-refractivity contribution >= 4 is 0 Å². The molecule has 3 rings (SSSR count).